The zero-order valence-corrected chi connectivity index (χ0v) is 11.0. The van der Waals surface area contributed by atoms with Crippen molar-refractivity contribution >= 4 is 11.6 Å². The van der Waals surface area contributed by atoms with Gasteiger partial charge in [0.05, 0.1) is 12.6 Å². The summed E-state index contributed by atoms with van der Waals surface area (Å²) in [6, 6.07) is 3.41. The molecule has 0 aliphatic rings. The van der Waals surface area contributed by atoms with Crippen LogP contribution < -0.4 is 10.6 Å². The predicted molar refractivity (Wildman–Crippen MR) is 68.9 cm³/mol. The van der Waals surface area contributed by atoms with Gasteiger partial charge in [0.15, 0.2) is 0 Å². The Morgan fingerprint density at radius 3 is 2.58 bits per heavy atom. The summed E-state index contributed by atoms with van der Waals surface area (Å²) >= 11 is 0. The van der Waals surface area contributed by atoms with Gasteiger partial charge < -0.3 is 15.4 Å². The van der Waals surface area contributed by atoms with E-state index in [0.717, 1.165) is 12.1 Å². The number of anilines is 1. The second-order valence-electron chi connectivity index (χ2n) is 4.04. The highest BCUT2D eigenvalue weighted by molar-refractivity contribution is 5.92. The molecular formula is C13H18F2N2O2. The Bertz CT molecular complexity index is 407. The standard InChI is InChI=1S/C13H18F2N2O2/c1-3-19-9(2)7-16-8-12(18)17-13-10(14)5-4-6-11(13)15/h4-6,9,16H,3,7-8H2,1-2H3,(H,17,18). The van der Waals surface area contributed by atoms with Gasteiger partial charge in [-0.05, 0) is 26.0 Å². The fraction of sp³-hybridized carbons (Fsp3) is 0.462. The van der Waals surface area contributed by atoms with Crippen LogP contribution in [-0.4, -0.2) is 31.7 Å². The molecule has 106 valence electrons. The molecule has 2 N–H and O–H groups in total. The molecule has 1 atom stereocenters. The molecule has 0 bridgehead atoms. The van der Waals surface area contributed by atoms with Crippen LogP contribution in [0.3, 0.4) is 0 Å². The van der Waals surface area contributed by atoms with Crippen LogP contribution in [0.25, 0.3) is 0 Å². The number of carbonyl (C=O) groups excluding carboxylic acids is 1. The summed E-state index contributed by atoms with van der Waals surface area (Å²) in [6.45, 7) is 4.79. The van der Waals surface area contributed by atoms with E-state index in [1.165, 1.54) is 6.07 Å². The van der Waals surface area contributed by atoms with E-state index in [2.05, 4.69) is 10.6 Å². The largest absolute Gasteiger partial charge is 0.377 e. The maximum atomic E-state index is 13.3. The van der Waals surface area contributed by atoms with E-state index in [-0.39, 0.29) is 12.6 Å². The summed E-state index contributed by atoms with van der Waals surface area (Å²) < 4.78 is 31.8. The molecule has 1 unspecified atom stereocenters. The first-order valence-corrected chi connectivity index (χ1v) is 6.10. The first kappa shape index (κ1) is 15.5. The minimum Gasteiger partial charge on any atom is -0.377 e. The van der Waals surface area contributed by atoms with E-state index in [9.17, 15) is 13.6 Å². The van der Waals surface area contributed by atoms with Crippen LogP contribution in [0.15, 0.2) is 18.2 Å². The zero-order chi connectivity index (χ0) is 14.3. The van der Waals surface area contributed by atoms with Gasteiger partial charge in [-0.2, -0.15) is 0 Å². The molecule has 1 aromatic rings. The van der Waals surface area contributed by atoms with Crippen molar-refractivity contribution in [3.8, 4) is 0 Å². The van der Waals surface area contributed by atoms with Gasteiger partial charge in [0, 0.05) is 13.2 Å². The maximum Gasteiger partial charge on any atom is 0.238 e. The van der Waals surface area contributed by atoms with Crippen molar-refractivity contribution in [2.75, 3.05) is 25.0 Å². The third-order valence-electron chi connectivity index (χ3n) is 2.40. The average Bonchev–Trinajstić information content (AvgIpc) is 2.34. The Hall–Kier alpha value is -1.53. The normalized spacial score (nSPS) is 12.2. The van der Waals surface area contributed by atoms with Gasteiger partial charge in [0.2, 0.25) is 5.91 Å². The number of para-hydroxylation sites is 1. The molecule has 0 fully saturated rings. The Balaban J connectivity index is 2.39. The van der Waals surface area contributed by atoms with Gasteiger partial charge >= 0.3 is 0 Å². The lowest BCUT2D eigenvalue weighted by Gasteiger charge is -2.12. The summed E-state index contributed by atoms with van der Waals surface area (Å²) in [5.41, 5.74) is -0.424. The predicted octanol–water partition coefficient (Wildman–Crippen LogP) is 1.92. The molecule has 0 saturated heterocycles. The summed E-state index contributed by atoms with van der Waals surface area (Å²) in [6.07, 6.45) is -0.0250. The Labute approximate surface area is 111 Å². The number of amides is 1. The molecule has 0 saturated carbocycles. The molecule has 4 nitrogen and oxygen atoms in total. The zero-order valence-electron chi connectivity index (χ0n) is 11.0. The quantitative estimate of drug-likeness (QED) is 0.797. The van der Waals surface area contributed by atoms with E-state index in [4.69, 9.17) is 4.74 Å². The van der Waals surface area contributed by atoms with Gasteiger partial charge in [-0.15, -0.1) is 0 Å². The fourth-order valence-electron chi connectivity index (χ4n) is 1.53. The summed E-state index contributed by atoms with van der Waals surface area (Å²) in [4.78, 5) is 11.5. The van der Waals surface area contributed by atoms with Crippen molar-refractivity contribution in [3.05, 3.63) is 29.8 Å². The van der Waals surface area contributed by atoms with E-state index in [1.54, 1.807) is 0 Å². The Kier molecular flexibility index (Phi) is 6.38. The number of ether oxygens (including phenoxy) is 1. The topological polar surface area (TPSA) is 50.4 Å². The van der Waals surface area contributed by atoms with Crippen LogP contribution in [0.1, 0.15) is 13.8 Å². The number of rotatable bonds is 7. The van der Waals surface area contributed by atoms with Crippen molar-refractivity contribution in [2.24, 2.45) is 0 Å². The first-order valence-electron chi connectivity index (χ1n) is 6.10. The molecule has 1 rings (SSSR count). The first-order chi connectivity index (χ1) is 9.04. The summed E-state index contributed by atoms with van der Waals surface area (Å²) in [7, 11) is 0. The number of benzene rings is 1. The molecule has 1 amide bonds. The minimum absolute atomic E-state index is 0.0250. The van der Waals surface area contributed by atoms with Crippen LogP contribution in [0.5, 0.6) is 0 Å². The maximum absolute atomic E-state index is 13.3. The van der Waals surface area contributed by atoms with E-state index in [1.807, 2.05) is 13.8 Å². The lowest BCUT2D eigenvalue weighted by Crippen LogP contribution is -2.34. The molecule has 0 aliphatic heterocycles. The van der Waals surface area contributed by atoms with E-state index in [0.29, 0.717) is 13.2 Å². The number of halogens is 2. The third kappa shape index (κ3) is 5.32. The fourth-order valence-corrected chi connectivity index (χ4v) is 1.53. The molecule has 6 heteroatoms. The minimum atomic E-state index is -0.795. The number of hydrogen-bond acceptors (Lipinski definition) is 3. The Morgan fingerprint density at radius 1 is 1.37 bits per heavy atom. The van der Waals surface area contributed by atoms with Gasteiger partial charge in [-0.3, -0.25) is 4.79 Å². The highest BCUT2D eigenvalue weighted by Gasteiger charge is 2.11. The van der Waals surface area contributed by atoms with Crippen LogP contribution in [0, 0.1) is 11.6 Å². The molecule has 0 aromatic heterocycles. The second-order valence-corrected chi connectivity index (χ2v) is 4.04. The summed E-state index contributed by atoms with van der Waals surface area (Å²) in [5, 5.41) is 5.04. The van der Waals surface area contributed by atoms with Crippen molar-refractivity contribution in [1.29, 1.82) is 0 Å². The van der Waals surface area contributed by atoms with Crippen molar-refractivity contribution in [1.82, 2.24) is 5.32 Å². The lowest BCUT2D eigenvalue weighted by molar-refractivity contribution is -0.115. The molecule has 0 spiro atoms. The van der Waals surface area contributed by atoms with Gasteiger partial charge in [-0.1, -0.05) is 6.07 Å². The Morgan fingerprint density at radius 2 is 2.00 bits per heavy atom. The van der Waals surface area contributed by atoms with Crippen LogP contribution >= 0.6 is 0 Å². The molecule has 1 aromatic carbocycles. The molecule has 0 heterocycles. The van der Waals surface area contributed by atoms with Crippen molar-refractivity contribution in [3.63, 3.8) is 0 Å². The smallest absolute Gasteiger partial charge is 0.238 e. The highest BCUT2D eigenvalue weighted by atomic mass is 19.1. The van der Waals surface area contributed by atoms with E-state index < -0.39 is 23.2 Å². The van der Waals surface area contributed by atoms with Crippen molar-refractivity contribution in [2.45, 2.75) is 20.0 Å². The molecular weight excluding hydrogens is 254 g/mol. The second kappa shape index (κ2) is 7.81. The van der Waals surface area contributed by atoms with Crippen LogP contribution in [0.2, 0.25) is 0 Å². The number of carbonyl (C=O) groups is 1. The molecule has 19 heavy (non-hydrogen) atoms. The van der Waals surface area contributed by atoms with Gasteiger partial charge in [0.25, 0.3) is 0 Å². The lowest BCUT2D eigenvalue weighted by atomic mass is 10.3. The van der Waals surface area contributed by atoms with E-state index >= 15 is 0 Å². The molecule has 0 radical (unpaired) electrons. The highest BCUT2D eigenvalue weighted by Crippen LogP contribution is 2.17. The van der Waals surface area contributed by atoms with Crippen molar-refractivity contribution < 1.29 is 18.3 Å². The molecule has 0 aliphatic carbocycles. The van der Waals surface area contributed by atoms with Gasteiger partial charge in [0.1, 0.15) is 17.3 Å². The number of hydrogen-bond donors (Lipinski definition) is 2. The SMILES string of the molecule is CCOC(C)CNCC(=O)Nc1c(F)cccc1F. The van der Waals surface area contributed by atoms with Crippen LogP contribution in [0.4, 0.5) is 14.5 Å². The van der Waals surface area contributed by atoms with Gasteiger partial charge in [-0.25, -0.2) is 8.78 Å². The summed E-state index contributed by atoms with van der Waals surface area (Å²) in [5.74, 6) is -2.10. The average molecular weight is 272 g/mol. The van der Waals surface area contributed by atoms with Crippen LogP contribution in [-0.2, 0) is 9.53 Å². The monoisotopic (exact) mass is 272 g/mol. The number of nitrogens with one attached hydrogen (secondary N) is 2. The third-order valence-corrected chi connectivity index (χ3v) is 2.40.